The van der Waals surface area contributed by atoms with Crippen LogP contribution in [0.4, 0.5) is 0 Å². The largest absolute Gasteiger partial charge is 0.358 e. The van der Waals surface area contributed by atoms with E-state index < -0.39 is 0 Å². The van der Waals surface area contributed by atoms with Crippen LogP contribution in [0, 0.1) is 0 Å². The summed E-state index contributed by atoms with van der Waals surface area (Å²) in [5, 5.41) is 4.71. The molecule has 0 spiro atoms. The van der Waals surface area contributed by atoms with Crippen molar-refractivity contribution in [2.45, 2.75) is 25.3 Å². The lowest BCUT2D eigenvalue weighted by atomic mass is 10.0. The van der Waals surface area contributed by atoms with Crippen LogP contribution in [0.5, 0.6) is 0 Å². The van der Waals surface area contributed by atoms with Crippen molar-refractivity contribution < 1.29 is 0 Å². The SMILES string of the molecule is CC1CC(NC2=NCCS2)c2ccccc21. The zero-order valence-electron chi connectivity index (χ0n) is 9.44. The third-order valence-electron chi connectivity index (χ3n) is 3.37. The number of rotatable bonds is 1. The first kappa shape index (κ1) is 10.2. The van der Waals surface area contributed by atoms with Gasteiger partial charge in [0.15, 0.2) is 5.17 Å². The first-order chi connectivity index (χ1) is 7.84. The number of thioether (sulfide) groups is 1. The van der Waals surface area contributed by atoms with Gasteiger partial charge in [-0.1, -0.05) is 43.0 Å². The molecule has 2 nitrogen and oxygen atoms in total. The van der Waals surface area contributed by atoms with Gasteiger partial charge in [0.1, 0.15) is 0 Å². The van der Waals surface area contributed by atoms with Gasteiger partial charge < -0.3 is 5.32 Å². The third-order valence-corrected chi connectivity index (χ3v) is 4.28. The van der Waals surface area contributed by atoms with Crippen LogP contribution >= 0.6 is 11.8 Å². The smallest absolute Gasteiger partial charge is 0.157 e. The number of nitrogens with one attached hydrogen (secondary N) is 1. The molecule has 2 atom stereocenters. The van der Waals surface area contributed by atoms with Gasteiger partial charge in [-0.25, -0.2) is 0 Å². The average Bonchev–Trinajstić information content (AvgIpc) is 2.90. The first-order valence-corrected chi connectivity index (χ1v) is 6.86. The Morgan fingerprint density at radius 3 is 2.88 bits per heavy atom. The number of amidine groups is 1. The highest BCUT2D eigenvalue weighted by Crippen LogP contribution is 2.40. The molecule has 1 N–H and O–H groups in total. The minimum atomic E-state index is 0.468. The lowest BCUT2D eigenvalue weighted by Gasteiger charge is -2.14. The van der Waals surface area contributed by atoms with E-state index >= 15 is 0 Å². The Bertz CT molecular complexity index is 428. The van der Waals surface area contributed by atoms with E-state index in [4.69, 9.17) is 0 Å². The third kappa shape index (κ3) is 1.73. The Morgan fingerprint density at radius 2 is 2.12 bits per heavy atom. The van der Waals surface area contributed by atoms with E-state index in [2.05, 4.69) is 41.5 Å². The van der Waals surface area contributed by atoms with E-state index in [1.807, 2.05) is 11.8 Å². The summed E-state index contributed by atoms with van der Waals surface area (Å²) in [6.07, 6.45) is 1.19. The van der Waals surface area contributed by atoms with Crippen molar-refractivity contribution in [1.29, 1.82) is 0 Å². The molecule has 1 aromatic rings. The number of benzene rings is 1. The molecular formula is C13H16N2S. The second-order valence-corrected chi connectivity index (χ2v) is 5.58. The Kier molecular flexibility index (Phi) is 2.64. The van der Waals surface area contributed by atoms with Crippen molar-refractivity contribution >= 4 is 16.9 Å². The van der Waals surface area contributed by atoms with Crippen molar-refractivity contribution in [1.82, 2.24) is 5.32 Å². The number of fused-ring (bicyclic) bond motifs is 1. The zero-order chi connectivity index (χ0) is 11.0. The van der Waals surface area contributed by atoms with Gasteiger partial charge >= 0.3 is 0 Å². The van der Waals surface area contributed by atoms with Gasteiger partial charge in [0.2, 0.25) is 0 Å². The highest BCUT2D eigenvalue weighted by Gasteiger charge is 2.28. The molecule has 0 saturated heterocycles. The van der Waals surface area contributed by atoms with E-state index in [9.17, 15) is 0 Å². The fourth-order valence-corrected chi connectivity index (χ4v) is 3.38. The Hall–Kier alpha value is -0.960. The number of hydrogen-bond acceptors (Lipinski definition) is 3. The second kappa shape index (κ2) is 4.13. The zero-order valence-corrected chi connectivity index (χ0v) is 10.3. The number of aliphatic imine (C=N–C) groups is 1. The molecule has 0 radical (unpaired) electrons. The van der Waals surface area contributed by atoms with Crippen LogP contribution in [-0.4, -0.2) is 17.5 Å². The summed E-state index contributed by atoms with van der Waals surface area (Å²) >= 11 is 1.84. The highest BCUT2D eigenvalue weighted by atomic mass is 32.2. The van der Waals surface area contributed by atoms with E-state index in [1.165, 1.54) is 17.5 Å². The lowest BCUT2D eigenvalue weighted by Crippen LogP contribution is -2.23. The van der Waals surface area contributed by atoms with Crippen molar-refractivity contribution in [3.63, 3.8) is 0 Å². The van der Waals surface area contributed by atoms with Gasteiger partial charge in [0.05, 0.1) is 12.6 Å². The molecule has 1 aromatic carbocycles. The fraction of sp³-hybridized carbons (Fsp3) is 0.462. The van der Waals surface area contributed by atoms with Gasteiger partial charge in [0, 0.05) is 5.75 Å². The Balaban J connectivity index is 1.83. The summed E-state index contributed by atoms with van der Waals surface area (Å²) in [6, 6.07) is 9.24. The van der Waals surface area contributed by atoms with Gasteiger partial charge in [-0.2, -0.15) is 0 Å². The molecule has 1 aliphatic carbocycles. The molecule has 0 aromatic heterocycles. The van der Waals surface area contributed by atoms with Crippen LogP contribution in [0.3, 0.4) is 0 Å². The summed E-state index contributed by atoms with van der Waals surface area (Å²) < 4.78 is 0. The predicted octanol–water partition coefficient (Wildman–Crippen LogP) is 2.93. The van der Waals surface area contributed by atoms with Crippen LogP contribution < -0.4 is 5.32 Å². The topological polar surface area (TPSA) is 24.4 Å². The minimum absolute atomic E-state index is 0.468. The maximum Gasteiger partial charge on any atom is 0.157 e. The van der Waals surface area contributed by atoms with Crippen LogP contribution in [-0.2, 0) is 0 Å². The summed E-state index contributed by atoms with van der Waals surface area (Å²) in [7, 11) is 0. The minimum Gasteiger partial charge on any atom is -0.358 e. The molecule has 0 amide bonds. The standard InChI is InChI=1S/C13H16N2S/c1-9-8-12(15-13-14-6-7-16-13)11-5-3-2-4-10(9)11/h2-5,9,12H,6-8H2,1H3,(H,14,15). The molecule has 0 fully saturated rings. The second-order valence-electron chi connectivity index (χ2n) is 4.50. The van der Waals surface area contributed by atoms with E-state index in [-0.39, 0.29) is 0 Å². The maximum atomic E-state index is 4.47. The molecule has 2 unspecified atom stereocenters. The summed E-state index contributed by atoms with van der Waals surface area (Å²) in [6.45, 7) is 3.28. The molecule has 0 saturated carbocycles. The predicted molar refractivity (Wildman–Crippen MR) is 70.1 cm³/mol. The Labute approximate surface area is 101 Å². The van der Waals surface area contributed by atoms with Gasteiger partial charge in [-0.05, 0) is 23.5 Å². The van der Waals surface area contributed by atoms with Crippen molar-refractivity contribution in [2.75, 3.05) is 12.3 Å². The quantitative estimate of drug-likeness (QED) is 0.805. The molecule has 16 heavy (non-hydrogen) atoms. The first-order valence-electron chi connectivity index (χ1n) is 5.87. The van der Waals surface area contributed by atoms with Crippen molar-refractivity contribution in [3.05, 3.63) is 35.4 Å². The lowest BCUT2D eigenvalue weighted by molar-refractivity contribution is 0.593. The molecular weight excluding hydrogens is 216 g/mol. The van der Waals surface area contributed by atoms with E-state index in [0.29, 0.717) is 12.0 Å². The fourth-order valence-electron chi connectivity index (χ4n) is 2.59. The van der Waals surface area contributed by atoms with Gasteiger partial charge in [-0.3, -0.25) is 4.99 Å². The number of nitrogens with zero attached hydrogens (tertiary/aromatic N) is 1. The van der Waals surface area contributed by atoms with Crippen LogP contribution in [0.1, 0.15) is 36.4 Å². The molecule has 0 bridgehead atoms. The maximum absolute atomic E-state index is 4.47. The van der Waals surface area contributed by atoms with E-state index in [0.717, 1.165) is 17.5 Å². The van der Waals surface area contributed by atoms with Crippen molar-refractivity contribution in [2.24, 2.45) is 4.99 Å². The summed E-state index contributed by atoms with van der Waals surface area (Å²) in [5.41, 5.74) is 2.97. The van der Waals surface area contributed by atoms with Crippen LogP contribution in [0.15, 0.2) is 29.3 Å². The molecule has 3 heteroatoms. The monoisotopic (exact) mass is 232 g/mol. The average molecular weight is 232 g/mol. The molecule has 1 aliphatic heterocycles. The summed E-state index contributed by atoms with van der Waals surface area (Å²) in [5.74, 6) is 1.80. The highest BCUT2D eigenvalue weighted by molar-refractivity contribution is 8.14. The van der Waals surface area contributed by atoms with Gasteiger partial charge in [-0.15, -0.1) is 0 Å². The Morgan fingerprint density at radius 1 is 1.31 bits per heavy atom. The molecule has 2 aliphatic rings. The molecule has 1 heterocycles. The number of hydrogen-bond donors (Lipinski definition) is 1. The van der Waals surface area contributed by atoms with E-state index in [1.54, 1.807) is 0 Å². The normalized spacial score (nSPS) is 27.7. The summed E-state index contributed by atoms with van der Waals surface area (Å²) in [4.78, 5) is 4.47. The van der Waals surface area contributed by atoms with Crippen molar-refractivity contribution in [3.8, 4) is 0 Å². The van der Waals surface area contributed by atoms with Gasteiger partial charge in [0.25, 0.3) is 0 Å². The molecule has 84 valence electrons. The van der Waals surface area contributed by atoms with Crippen LogP contribution in [0.2, 0.25) is 0 Å². The van der Waals surface area contributed by atoms with Crippen LogP contribution in [0.25, 0.3) is 0 Å². The molecule has 3 rings (SSSR count).